The number of hydrogen-bond acceptors (Lipinski definition) is 2. The number of benzene rings is 2. The monoisotopic (exact) mass is 577 g/mol. The first-order chi connectivity index (χ1) is 18.7. The fraction of sp³-hybridized carbons (Fsp3) is 0.543. The van der Waals surface area contributed by atoms with Crippen LogP contribution in [0, 0.1) is 6.92 Å². The quantitative estimate of drug-likeness (QED) is 0.329. The van der Waals surface area contributed by atoms with Gasteiger partial charge >= 0.3 is 0 Å². The van der Waals surface area contributed by atoms with Crippen molar-refractivity contribution in [3.8, 4) is 0 Å². The molecule has 2 aromatic rings. The van der Waals surface area contributed by atoms with Gasteiger partial charge in [0.1, 0.15) is 0 Å². The second-order valence-electron chi connectivity index (χ2n) is 13.8. The lowest BCUT2D eigenvalue weighted by Gasteiger charge is -2.32. The van der Waals surface area contributed by atoms with Crippen LogP contribution in [-0.4, -0.2) is 8.42 Å². The molecule has 0 radical (unpaired) electrons. The minimum absolute atomic E-state index is 0.0342. The van der Waals surface area contributed by atoms with Crippen molar-refractivity contribution in [1.82, 2.24) is 0 Å². The van der Waals surface area contributed by atoms with E-state index in [1.165, 1.54) is 16.7 Å². The van der Waals surface area contributed by atoms with E-state index < -0.39 is 20.7 Å². The first kappa shape index (κ1) is 29.5. The zero-order valence-electron chi connectivity index (χ0n) is 25.9. The van der Waals surface area contributed by atoms with Gasteiger partial charge in [0.25, 0.3) is 10.0 Å². The number of nitrogens with zero attached hydrogens (tertiary/aromatic N) is 1. The molecule has 0 amide bonds. The summed E-state index contributed by atoms with van der Waals surface area (Å²) in [6.07, 6.45) is 9.01. The van der Waals surface area contributed by atoms with E-state index in [-0.39, 0.29) is 26.6 Å². The second kappa shape index (κ2) is 9.80. The number of fused-ring (bicyclic) bond motifs is 2. The maximum atomic E-state index is 13.2. The normalized spacial score (nSPS) is 23.3. The van der Waals surface area contributed by atoms with E-state index >= 15 is 0 Å². The highest BCUT2D eigenvalue weighted by atomic mass is 32.3. The van der Waals surface area contributed by atoms with Gasteiger partial charge in [-0.2, -0.15) is 8.42 Å². The van der Waals surface area contributed by atoms with Crippen LogP contribution in [0.4, 0.5) is 0 Å². The molecule has 0 fully saturated rings. The van der Waals surface area contributed by atoms with Gasteiger partial charge in [-0.3, -0.25) is 0 Å². The third-order valence-corrected chi connectivity index (χ3v) is 13.8. The molecule has 0 spiro atoms. The first-order valence-corrected chi connectivity index (χ1v) is 17.8. The van der Waals surface area contributed by atoms with Crippen molar-refractivity contribution in [1.29, 1.82) is 0 Å². The Morgan fingerprint density at radius 1 is 0.800 bits per heavy atom. The summed E-state index contributed by atoms with van der Waals surface area (Å²) in [6.45, 7) is 21.1. The molecule has 0 saturated carbocycles. The van der Waals surface area contributed by atoms with Crippen LogP contribution in [-0.2, 0) is 42.4 Å². The van der Waals surface area contributed by atoms with Crippen molar-refractivity contribution in [2.75, 3.05) is 0 Å². The van der Waals surface area contributed by atoms with E-state index in [0.29, 0.717) is 0 Å². The van der Waals surface area contributed by atoms with Crippen molar-refractivity contribution in [3.63, 3.8) is 0 Å². The predicted octanol–water partition coefficient (Wildman–Crippen LogP) is 9.53. The van der Waals surface area contributed by atoms with Gasteiger partial charge in [-0.15, -0.1) is 3.77 Å². The van der Waals surface area contributed by atoms with Crippen LogP contribution in [0.1, 0.15) is 127 Å². The van der Waals surface area contributed by atoms with Crippen LogP contribution in [0.3, 0.4) is 0 Å². The van der Waals surface area contributed by atoms with Crippen molar-refractivity contribution in [2.45, 2.75) is 127 Å². The fourth-order valence-corrected chi connectivity index (χ4v) is 11.4. The zero-order valence-corrected chi connectivity index (χ0v) is 27.6. The molecule has 5 heteroatoms. The Hall–Kier alpha value is -1.98. The minimum atomic E-state index is -3.75. The zero-order chi connectivity index (χ0) is 29.3. The lowest BCUT2D eigenvalue weighted by atomic mass is 9.72. The van der Waals surface area contributed by atoms with Crippen LogP contribution in [0.5, 0.6) is 0 Å². The average Bonchev–Trinajstić information content (AvgIpc) is 3.53. The molecular weight excluding hydrogens is 531 g/mol. The molecule has 40 heavy (non-hydrogen) atoms. The molecule has 0 aromatic heterocycles. The van der Waals surface area contributed by atoms with Gasteiger partial charge in [-0.1, -0.05) is 79.2 Å². The summed E-state index contributed by atoms with van der Waals surface area (Å²) in [5.74, 6) is 0. The Kier molecular flexibility index (Phi) is 7.23. The van der Waals surface area contributed by atoms with Gasteiger partial charge in [0.2, 0.25) is 0 Å². The van der Waals surface area contributed by atoms with Crippen molar-refractivity contribution in [3.05, 3.63) is 80.6 Å². The summed E-state index contributed by atoms with van der Waals surface area (Å²) in [5.41, 5.74) is 10.1. The summed E-state index contributed by atoms with van der Waals surface area (Å²) in [6, 6.07) is 9.63. The molecule has 1 aliphatic heterocycles. The molecule has 216 valence electrons. The topological polar surface area (TPSA) is 46.5 Å². The third-order valence-electron chi connectivity index (χ3n) is 10.5. The lowest BCUT2D eigenvalue weighted by Crippen LogP contribution is -2.25. The van der Waals surface area contributed by atoms with Crippen LogP contribution in [0.25, 0.3) is 5.57 Å². The standard InChI is InChI=1S/C35H47NO2S2/c1-10-34(11-2)22-32(6,7)30-27(34)20-28-31(33(8,9)23-35(28,12-3)13-4)29(30)25-18-19-39(21-25)36-40(37,38)26-16-14-24(5)15-17-26/h14-21H,10-13,22-23H2,1-9H3. The highest BCUT2D eigenvalue weighted by Gasteiger charge is 2.53. The van der Waals surface area contributed by atoms with Gasteiger partial charge in [-0.05, 0) is 140 Å². The molecule has 5 rings (SSSR count). The summed E-state index contributed by atoms with van der Waals surface area (Å²) < 4.78 is 30.9. The van der Waals surface area contributed by atoms with Crippen LogP contribution >= 0.6 is 0 Å². The van der Waals surface area contributed by atoms with E-state index in [9.17, 15) is 8.42 Å². The SMILES string of the molecule is CCC1(CC)CC(C)(C)c2c1cc1c(c2C2=C/S(=N/S(=O)(=O)c3ccc(C)cc3)C=C2)C(C)(C)CC1(CC)CC. The van der Waals surface area contributed by atoms with Crippen LogP contribution in [0.15, 0.2) is 55.9 Å². The molecule has 3 nitrogen and oxygen atoms in total. The van der Waals surface area contributed by atoms with Crippen LogP contribution in [0.2, 0.25) is 0 Å². The number of hydrogen-bond donors (Lipinski definition) is 0. The summed E-state index contributed by atoms with van der Waals surface area (Å²) in [4.78, 5) is 0.260. The van der Waals surface area contributed by atoms with E-state index in [1.807, 2.05) is 24.5 Å². The Labute approximate surface area is 245 Å². The molecule has 0 bridgehead atoms. The summed E-state index contributed by atoms with van der Waals surface area (Å²) >= 11 is 0. The predicted molar refractivity (Wildman–Crippen MR) is 172 cm³/mol. The molecule has 1 heterocycles. The maximum absolute atomic E-state index is 13.2. The van der Waals surface area contributed by atoms with Gasteiger partial charge in [0, 0.05) is 0 Å². The van der Waals surface area contributed by atoms with E-state index in [1.54, 1.807) is 23.3 Å². The Morgan fingerprint density at radius 3 is 1.73 bits per heavy atom. The molecule has 0 N–H and O–H groups in total. The van der Waals surface area contributed by atoms with Crippen molar-refractivity contribution < 1.29 is 8.42 Å². The highest BCUT2D eigenvalue weighted by Crippen LogP contribution is 2.62. The van der Waals surface area contributed by atoms with Gasteiger partial charge in [0.05, 0.1) is 4.90 Å². The molecule has 1 atom stereocenters. The Morgan fingerprint density at radius 2 is 1.27 bits per heavy atom. The number of allylic oxidation sites excluding steroid dienone is 2. The van der Waals surface area contributed by atoms with E-state index in [0.717, 1.165) is 49.7 Å². The van der Waals surface area contributed by atoms with E-state index in [4.69, 9.17) is 0 Å². The first-order valence-electron chi connectivity index (χ1n) is 15.1. The minimum Gasteiger partial charge on any atom is -0.199 e. The number of rotatable bonds is 7. The lowest BCUT2D eigenvalue weighted by molar-refractivity contribution is 0.322. The number of sulfonamides is 1. The molecular formula is C35H47NO2S2. The second-order valence-corrected chi connectivity index (χ2v) is 17.0. The molecule has 1 unspecified atom stereocenters. The largest absolute Gasteiger partial charge is 0.288 e. The third kappa shape index (κ3) is 4.42. The molecule has 3 aliphatic rings. The average molecular weight is 578 g/mol. The van der Waals surface area contributed by atoms with Gasteiger partial charge in [0.15, 0.2) is 0 Å². The fourth-order valence-electron chi connectivity index (χ4n) is 8.44. The Balaban J connectivity index is 1.79. The molecule has 0 saturated heterocycles. The van der Waals surface area contributed by atoms with Crippen molar-refractivity contribution >= 4 is 26.3 Å². The molecule has 2 aliphatic carbocycles. The maximum Gasteiger partial charge on any atom is 0.288 e. The van der Waals surface area contributed by atoms with Crippen LogP contribution < -0.4 is 0 Å². The number of aryl methyl sites for hydroxylation is 1. The van der Waals surface area contributed by atoms with Gasteiger partial charge in [-0.25, -0.2) is 0 Å². The molecule has 2 aromatic carbocycles. The summed E-state index contributed by atoms with van der Waals surface area (Å²) in [7, 11) is -4.57. The highest BCUT2D eigenvalue weighted by molar-refractivity contribution is 8.03. The van der Waals surface area contributed by atoms with Crippen molar-refractivity contribution in [2.24, 2.45) is 3.77 Å². The smallest absolute Gasteiger partial charge is 0.199 e. The summed E-state index contributed by atoms with van der Waals surface area (Å²) in [5, 5.41) is 4.13. The Bertz CT molecular complexity index is 1490. The van der Waals surface area contributed by atoms with Gasteiger partial charge < -0.3 is 0 Å². The van der Waals surface area contributed by atoms with E-state index in [2.05, 4.69) is 76.7 Å².